The van der Waals surface area contributed by atoms with E-state index in [4.69, 9.17) is 11.5 Å². The van der Waals surface area contributed by atoms with Crippen molar-refractivity contribution in [1.29, 1.82) is 0 Å². The third-order valence-electron chi connectivity index (χ3n) is 2.93. The van der Waals surface area contributed by atoms with Crippen LogP contribution in [0.25, 0.3) is 11.4 Å². The van der Waals surface area contributed by atoms with Crippen LogP contribution in [0.15, 0.2) is 72.8 Å². The molecule has 0 aliphatic rings. The number of carbonyl (C=O) groups excluding carboxylic acids is 2. The quantitative estimate of drug-likeness (QED) is 0.847. The highest BCUT2D eigenvalue weighted by Crippen LogP contribution is 2.07. The summed E-state index contributed by atoms with van der Waals surface area (Å²) in [6.07, 6.45) is 2.85. The Morgan fingerprint density at radius 3 is 1.21 bits per heavy atom. The molecule has 0 heterocycles. The number of hydrogen-bond acceptors (Lipinski definition) is 4. The van der Waals surface area contributed by atoms with Crippen LogP contribution in [0, 0.1) is 0 Å². The van der Waals surface area contributed by atoms with Crippen molar-refractivity contribution in [1.82, 2.24) is 0 Å². The number of benzene rings is 2. The zero-order chi connectivity index (χ0) is 17.9. The molecule has 2 rings (SSSR count). The van der Waals surface area contributed by atoms with E-state index in [-0.39, 0.29) is 11.6 Å². The first-order valence-corrected chi connectivity index (χ1v) is 7.46. The number of hydrogen-bond donors (Lipinski definition) is 2. The SMILES string of the molecule is CC(=O)C=C(N)c1ccccc1.CC(=O)C=C(N)c1ccccc1. The first-order valence-electron chi connectivity index (χ1n) is 7.46. The van der Waals surface area contributed by atoms with Crippen molar-refractivity contribution in [3.05, 3.63) is 83.9 Å². The average Bonchev–Trinajstić information content (AvgIpc) is 2.56. The van der Waals surface area contributed by atoms with Gasteiger partial charge >= 0.3 is 0 Å². The Balaban J connectivity index is 0.000000240. The number of carbonyl (C=O) groups is 2. The van der Waals surface area contributed by atoms with Gasteiger partial charge in [-0.05, 0) is 25.0 Å². The fourth-order valence-electron chi connectivity index (χ4n) is 1.87. The molecule has 4 heteroatoms. The molecule has 0 amide bonds. The second-order valence-electron chi connectivity index (χ2n) is 5.15. The second kappa shape index (κ2) is 9.79. The van der Waals surface area contributed by atoms with Gasteiger partial charge in [0.1, 0.15) is 0 Å². The van der Waals surface area contributed by atoms with Crippen molar-refractivity contribution in [2.24, 2.45) is 11.5 Å². The highest BCUT2D eigenvalue weighted by Gasteiger charge is 1.95. The van der Waals surface area contributed by atoms with E-state index in [2.05, 4.69) is 0 Å². The molecular formula is C20H22N2O2. The molecule has 24 heavy (non-hydrogen) atoms. The summed E-state index contributed by atoms with van der Waals surface area (Å²) in [4.78, 5) is 21.3. The van der Waals surface area contributed by atoms with Crippen LogP contribution >= 0.6 is 0 Å². The normalized spacial score (nSPS) is 11.2. The second-order valence-corrected chi connectivity index (χ2v) is 5.15. The van der Waals surface area contributed by atoms with E-state index in [9.17, 15) is 9.59 Å². The van der Waals surface area contributed by atoms with Gasteiger partial charge in [-0.1, -0.05) is 60.7 Å². The molecule has 4 nitrogen and oxygen atoms in total. The molecule has 0 saturated carbocycles. The van der Waals surface area contributed by atoms with Crippen LogP contribution < -0.4 is 11.5 Å². The lowest BCUT2D eigenvalue weighted by molar-refractivity contribution is -0.113. The fourth-order valence-corrected chi connectivity index (χ4v) is 1.87. The van der Waals surface area contributed by atoms with Gasteiger partial charge in [-0.2, -0.15) is 0 Å². The minimum absolute atomic E-state index is 0.0312. The van der Waals surface area contributed by atoms with Crippen LogP contribution in [0.2, 0.25) is 0 Å². The van der Waals surface area contributed by atoms with E-state index in [1.807, 2.05) is 60.7 Å². The summed E-state index contributed by atoms with van der Waals surface area (Å²) < 4.78 is 0. The number of allylic oxidation sites excluding steroid dienone is 2. The highest BCUT2D eigenvalue weighted by atomic mass is 16.1. The molecule has 0 bridgehead atoms. The molecule has 2 aromatic carbocycles. The van der Waals surface area contributed by atoms with E-state index in [0.717, 1.165) is 11.1 Å². The third kappa shape index (κ3) is 7.22. The Labute approximate surface area is 142 Å². The predicted molar refractivity (Wildman–Crippen MR) is 98.6 cm³/mol. The monoisotopic (exact) mass is 322 g/mol. The van der Waals surface area contributed by atoms with Gasteiger partial charge in [0.2, 0.25) is 0 Å². The molecule has 124 valence electrons. The van der Waals surface area contributed by atoms with Crippen molar-refractivity contribution in [3.63, 3.8) is 0 Å². The molecular weight excluding hydrogens is 300 g/mol. The zero-order valence-electron chi connectivity index (χ0n) is 13.9. The molecule has 0 fully saturated rings. The Hall–Kier alpha value is -3.14. The molecule has 0 saturated heterocycles. The summed E-state index contributed by atoms with van der Waals surface area (Å²) >= 11 is 0. The van der Waals surface area contributed by atoms with E-state index in [1.54, 1.807) is 0 Å². The first-order chi connectivity index (χ1) is 11.4. The van der Waals surface area contributed by atoms with Gasteiger partial charge in [-0.15, -0.1) is 0 Å². The molecule has 0 aliphatic carbocycles. The summed E-state index contributed by atoms with van der Waals surface area (Å²) in [7, 11) is 0. The largest absolute Gasteiger partial charge is 0.398 e. The van der Waals surface area contributed by atoms with E-state index < -0.39 is 0 Å². The minimum Gasteiger partial charge on any atom is -0.398 e. The van der Waals surface area contributed by atoms with Gasteiger partial charge in [0.15, 0.2) is 11.6 Å². The van der Waals surface area contributed by atoms with Crippen molar-refractivity contribution >= 4 is 23.0 Å². The fraction of sp³-hybridized carbons (Fsp3) is 0.100. The van der Waals surface area contributed by atoms with Crippen molar-refractivity contribution < 1.29 is 9.59 Å². The lowest BCUT2D eigenvalue weighted by Crippen LogP contribution is -1.98. The van der Waals surface area contributed by atoms with Crippen LogP contribution in [-0.2, 0) is 9.59 Å². The topological polar surface area (TPSA) is 86.2 Å². The molecule has 0 unspecified atom stereocenters. The maximum Gasteiger partial charge on any atom is 0.154 e. The molecule has 0 radical (unpaired) electrons. The van der Waals surface area contributed by atoms with Gasteiger partial charge in [0.25, 0.3) is 0 Å². The Morgan fingerprint density at radius 2 is 0.958 bits per heavy atom. The summed E-state index contributed by atoms with van der Waals surface area (Å²) in [6.45, 7) is 2.96. The summed E-state index contributed by atoms with van der Waals surface area (Å²) in [5.41, 5.74) is 14.1. The number of rotatable bonds is 4. The number of nitrogens with two attached hydrogens (primary N) is 2. The van der Waals surface area contributed by atoms with Crippen LogP contribution in [0.4, 0.5) is 0 Å². The third-order valence-corrected chi connectivity index (χ3v) is 2.93. The molecule has 0 spiro atoms. The summed E-state index contributed by atoms with van der Waals surface area (Å²) in [5, 5.41) is 0. The lowest BCUT2D eigenvalue weighted by atomic mass is 10.1. The Bertz CT molecular complexity index is 667. The van der Waals surface area contributed by atoms with Gasteiger partial charge in [-0.25, -0.2) is 0 Å². The maximum absolute atomic E-state index is 10.7. The zero-order valence-corrected chi connectivity index (χ0v) is 13.9. The molecule has 4 N–H and O–H groups in total. The van der Waals surface area contributed by atoms with Crippen LogP contribution in [0.1, 0.15) is 25.0 Å². The maximum atomic E-state index is 10.7. The van der Waals surface area contributed by atoms with E-state index in [1.165, 1.54) is 26.0 Å². The molecule has 2 aromatic rings. The highest BCUT2D eigenvalue weighted by molar-refractivity contribution is 5.94. The Morgan fingerprint density at radius 1 is 0.667 bits per heavy atom. The Kier molecular flexibility index (Phi) is 7.71. The minimum atomic E-state index is -0.0312. The van der Waals surface area contributed by atoms with E-state index in [0.29, 0.717) is 11.4 Å². The van der Waals surface area contributed by atoms with Crippen molar-refractivity contribution in [2.45, 2.75) is 13.8 Å². The first kappa shape index (κ1) is 18.9. The van der Waals surface area contributed by atoms with Gasteiger partial charge < -0.3 is 11.5 Å². The molecule has 0 aromatic heterocycles. The summed E-state index contributed by atoms with van der Waals surface area (Å²) in [6, 6.07) is 18.8. The van der Waals surface area contributed by atoms with Crippen LogP contribution in [0.5, 0.6) is 0 Å². The molecule has 0 atom stereocenters. The lowest BCUT2D eigenvalue weighted by Gasteiger charge is -1.98. The van der Waals surface area contributed by atoms with Crippen LogP contribution in [0.3, 0.4) is 0 Å². The van der Waals surface area contributed by atoms with Gasteiger partial charge in [0, 0.05) is 23.5 Å². The number of ketones is 2. The van der Waals surface area contributed by atoms with Gasteiger partial charge in [0.05, 0.1) is 0 Å². The van der Waals surface area contributed by atoms with Crippen molar-refractivity contribution in [2.75, 3.05) is 0 Å². The smallest absolute Gasteiger partial charge is 0.154 e. The van der Waals surface area contributed by atoms with Crippen molar-refractivity contribution in [3.8, 4) is 0 Å². The average molecular weight is 322 g/mol. The van der Waals surface area contributed by atoms with Crippen LogP contribution in [-0.4, -0.2) is 11.6 Å². The summed E-state index contributed by atoms with van der Waals surface area (Å²) in [5.74, 6) is -0.0623. The molecule has 0 aliphatic heterocycles. The van der Waals surface area contributed by atoms with Gasteiger partial charge in [-0.3, -0.25) is 9.59 Å². The predicted octanol–water partition coefficient (Wildman–Crippen LogP) is 3.15. The van der Waals surface area contributed by atoms with E-state index >= 15 is 0 Å². The standard InChI is InChI=1S/2C10H11NO/c2*1-8(12)7-10(11)9-5-3-2-4-6-9/h2*2-7H,11H2,1H3.